The van der Waals surface area contributed by atoms with Crippen LogP contribution in [0, 0.1) is 0 Å². The molecule has 15 heavy (non-hydrogen) atoms. The van der Waals surface area contributed by atoms with Gasteiger partial charge in [-0.25, -0.2) is 12.6 Å². The average molecular weight is 258 g/mol. The van der Waals surface area contributed by atoms with Crippen molar-refractivity contribution in [2.75, 3.05) is 0 Å². The molecule has 0 bridgehead atoms. The second kappa shape index (κ2) is 3.93. The molecule has 3 nitrogen and oxygen atoms in total. The highest BCUT2D eigenvalue weighted by molar-refractivity contribution is 8.64. The fourth-order valence-electron chi connectivity index (χ4n) is 0.744. The van der Waals surface area contributed by atoms with Crippen LogP contribution in [0.25, 0.3) is 0 Å². The number of alkyl halides is 3. The van der Waals surface area contributed by atoms with Gasteiger partial charge in [-0.2, -0.15) is 13.2 Å². The lowest BCUT2D eigenvalue weighted by atomic mass is 10.4. The first kappa shape index (κ1) is 12.2. The van der Waals surface area contributed by atoms with Crippen LogP contribution in [-0.4, -0.2) is 18.1 Å². The summed E-state index contributed by atoms with van der Waals surface area (Å²) in [5.74, 6) is 0. The van der Waals surface area contributed by atoms with Crippen molar-refractivity contribution in [2.45, 2.75) is 10.4 Å². The molecule has 1 aromatic rings. The summed E-state index contributed by atoms with van der Waals surface area (Å²) >= 11 is 0. The number of halogens is 3. The predicted octanol–water partition coefficient (Wildman–Crippen LogP) is 1.64. The molecule has 0 saturated carbocycles. The van der Waals surface area contributed by atoms with Gasteiger partial charge in [0.2, 0.25) is 0 Å². The molecule has 1 atom stereocenters. The Hall–Kier alpha value is -0.890. The van der Waals surface area contributed by atoms with Gasteiger partial charge in [0, 0.05) is 0 Å². The second-order valence-corrected chi connectivity index (χ2v) is 6.98. The minimum absolute atomic E-state index is 0.394. The molecular weight excluding hydrogens is 253 g/mol. The van der Waals surface area contributed by atoms with E-state index in [0.29, 0.717) is 0 Å². The Kier molecular flexibility index (Phi) is 3.19. The minimum Gasteiger partial charge on any atom is -0.237 e. The minimum atomic E-state index is -5.66. The van der Waals surface area contributed by atoms with Crippen LogP contribution in [0.4, 0.5) is 13.2 Å². The predicted molar refractivity (Wildman–Crippen MR) is 47.8 cm³/mol. The van der Waals surface area contributed by atoms with Gasteiger partial charge in [-0.1, -0.05) is 18.2 Å². The molecule has 0 N–H and O–H groups in total. The highest BCUT2D eigenvalue weighted by atomic mass is 33.2. The van der Waals surface area contributed by atoms with Crippen molar-refractivity contribution in [3.63, 3.8) is 0 Å². The molecule has 0 aliphatic heterocycles. The molecule has 0 aliphatic rings. The van der Waals surface area contributed by atoms with Crippen LogP contribution in [0.15, 0.2) is 35.2 Å². The van der Waals surface area contributed by atoms with Crippen molar-refractivity contribution in [2.24, 2.45) is 0 Å². The van der Waals surface area contributed by atoms with Crippen LogP contribution in [0.1, 0.15) is 0 Å². The van der Waals surface area contributed by atoms with E-state index in [1.165, 1.54) is 18.2 Å². The van der Waals surface area contributed by atoms with Gasteiger partial charge < -0.3 is 0 Å². The fourth-order valence-corrected chi connectivity index (χ4v) is 3.16. The average Bonchev–Trinajstić information content (AvgIpc) is 2.16. The SMILES string of the molecule is O=S(c1ccccc1)S(=O)(=O)C(F)(F)F. The largest absolute Gasteiger partial charge is 0.509 e. The van der Waals surface area contributed by atoms with E-state index in [9.17, 15) is 25.8 Å². The first-order valence-corrected chi connectivity index (χ1v) is 6.70. The number of hydrogen-bond acceptors (Lipinski definition) is 3. The van der Waals surface area contributed by atoms with Crippen molar-refractivity contribution in [1.82, 2.24) is 0 Å². The van der Waals surface area contributed by atoms with Crippen molar-refractivity contribution in [1.29, 1.82) is 0 Å². The third-order valence-corrected chi connectivity index (χ3v) is 5.38. The molecular formula is C7H5F3O3S2. The van der Waals surface area contributed by atoms with E-state index in [1.807, 2.05) is 0 Å². The third kappa shape index (κ3) is 2.37. The Morgan fingerprint density at radius 1 is 1.07 bits per heavy atom. The lowest BCUT2D eigenvalue weighted by Gasteiger charge is -2.06. The van der Waals surface area contributed by atoms with Gasteiger partial charge in [-0.05, 0) is 12.1 Å². The van der Waals surface area contributed by atoms with E-state index >= 15 is 0 Å². The summed E-state index contributed by atoms with van der Waals surface area (Å²) in [5, 5.41) is 0. The summed E-state index contributed by atoms with van der Waals surface area (Å²) in [6.45, 7) is 0. The molecule has 0 aliphatic carbocycles. The summed E-state index contributed by atoms with van der Waals surface area (Å²) in [7, 11) is -8.77. The summed E-state index contributed by atoms with van der Waals surface area (Å²) in [6, 6.07) is 6.19. The smallest absolute Gasteiger partial charge is 0.237 e. The molecule has 84 valence electrons. The highest BCUT2D eigenvalue weighted by Crippen LogP contribution is 2.29. The van der Waals surface area contributed by atoms with Gasteiger partial charge in [-0.3, -0.25) is 0 Å². The van der Waals surface area contributed by atoms with Crippen molar-refractivity contribution in [3.8, 4) is 0 Å². The first-order valence-electron chi connectivity index (χ1n) is 3.55. The lowest BCUT2D eigenvalue weighted by molar-refractivity contribution is -0.0411. The maximum atomic E-state index is 12.0. The van der Waals surface area contributed by atoms with E-state index < -0.39 is 29.1 Å². The summed E-state index contributed by atoms with van der Waals surface area (Å²) in [4.78, 5) is -0.394. The molecule has 0 spiro atoms. The van der Waals surface area contributed by atoms with Crippen LogP contribution < -0.4 is 0 Å². The van der Waals surface area contributed by atoms with E-state index in [1.54, 1.807) is 0 Å². The summed E-state index contributed by atoms with van der Waals surface area (Å²) in [5.41, 5.74) is -5.51. The summed E-state index contributed by atoms with van der Waals surface area (Å²) in [6.07, 6.45) is 0. The van der Waals surface area contributed by atoms with Gasteiger partial charge in [0.05, 0.1) is 4.90 Å². The van der Waals surface area contributed by atoms with Gasteiger partial charge in [-0.15, -0.1) is 0 Å². The first-order chi connectivity index (χ1) is 6.77. The highest BCUT2D eigenvalue weighted by Gasteiger charge is 2.50. The molecule has 1 unspecified atom stereocenters. The molecule has 8 heteroatoms. The normalized spacial score (nSPS) is 14.9. The van der Waals surface area contributed by atoms with E-state index in [4.69, 9.17) is 0 Å². The lowest BCUT2D eigenvalue weighted by Crippen LogP contribution is -2.27. The maximum Gasteiger partial charge on any atom is 0.509 e. The number of benzene rings is 1. The standard InChI is InChI=1S/C7H5F3O3S2/c8-7(9,10)15(12,13)14(11)6-4-2-1-3-5-6/h1-5H. The van der Waals surface area contributed by atoms with Gasteiger partial charge in [0.15, 0.2) is 9.83 Å². The third-order valence-electron chi connectivity index (χ3n) is 1.42. The molecule has 0 amide bonds. The van der Waals surface area contributed by atoms with Gasteiger partial charge in [0.1, 0.15) is 0 Å². The molecule has 0 fully saturated rings. The number of rotatable bonds is 2. The van der Waals surface area contributed by atoms with Crippen molar-refractivity contribution >= 4 is 18.7 Å². The topological polar surface area (TPSA) is 51.2 Å². The molecule has 0 saturated heterocycles. The van der Waals surface area contributed by atoms with Crippen molar-refractivity contribution < 1.29 is 25.8 Å². The van der Waals surface area contributed by atoms with E-state index in [-0.39, 0.29) is 0 Å². The molecule has 0 radical (unpaired) electrons. The Labute approximate surface area is 85.7 Å². The zero-order valence-corrected chi connectivity index (χ0v) is 8.69. The zero-order valence-electron chi connectivity index (χ0n) is 7.06. The molecule has 0 aromatic heterocycles. The quantitative estimate of drug-likeness (QED) is 0.758. The Bertz CT molecular complexity index is 464. The summed E-state index contributed by atoms with van der Waals surface area (Å²) < 4.78 is 68.5. The van der Waals surface area contributed by atoms with E-state index in [0.717, 1.165) is 12.1 Å². The Balaban J connectivity index is 3.19. The fraction of sp³-hybridized carbons (Fsp3) is 0.143. The molecule has 1 rings (SSSR count). The Morgan fingerprint density at radius 3 is 1.93 bits per heavy atom. The number of hydrogen-bond donors (Lipinski definition) is 0. The van der Waals surface area contributed by atoms with Crippen LogP contribution in [0.3, 0.4) is 0 Å². The van der Waals surface area contributed by atoms with Gasteiger partial charge >= 0.3 is 14.4 Å². The molecule has 1 aromatic carbocycles. The maximum absolute atomic E-state index is 12.0. The van der Waals surface area contributed by atoms with Crippen LogP contribution >= 0.6 is 0 Å². The van der Waals surface area contributed by atoms with Crippen LogP contribution in [-0.2, 0) is 18.7 Å². The van der Waals surface area contributed by atoms with E-state index in [2.05, 4.69) is 0 Å². The van der Waals surface area contributed by atoms with Crippen molar-refractivity contribution in [3.05, 3.63) is 30.3 Å². The Morgan fingerprint density at radius 2 is 1.53 bits per heavy atom. The second-order valence-electron chi connectivity index (χ2n) is 2.45. The van der Waals surface area contributed by atoms with Crippen LogP contribution in [0.2, 0.25) is 0 Å². The monoisotopic (exact) mass is 258 g/mol. The van der Waals surface area contributed by atoms with Crippen LogP contribution in [0.5, 0.6) is 0 Å². The van der Waals surface area contributed by atoms with Gasteiger partial charge in [0.25, 0.3) is 0 Å². The zero-order chi connectivity index (χ0) is 11.7. The molecule has 0 heterocycles.